The van der Waals surface area contributed by atoms with E-state index in [2.05, 4.69) is 55.3 Å². The average Bonchev–Trinajstić information content (AvgIpc) is 2.93. The lowest BCUT2D eigenvalue weighted by molar-refractivity contribution is -0.192. The lowest BCUT2D eigenvalue weighted by atomic mass is 9.99. The van der Waals surface area contributed by atoms with E-state index < -0.39 is 12.1 Å². The number of carboxylic acids is 1. The predicted molar refractivity (Wildman–Crippen MR) is 105 cm³/mol. The Hall–Kier alpha value is -2.13. The number of carbonyl (C=O) groups excluding carboxylic acids is 1. The number of aryl methyl sites for hydroxylation is 1. The van der Waals surface area contributed by atoms with Gasteiger partial charge in [-0.2, -0.15) is 13.2 Å². The van der Waals surface area contributed by atoms with Crippen molar-refractivity contribution in [3.63, 3.8) is 0 Å². The van der Waals surface area contributed by atoms with Crippen molar-refractivity contribution in [2.75, 3.05) is 19.6 Å². The average molecular weight is 430 g/mol. The Morgan fingerprint density at radius 3 is 2.53 bits per heavy atom. The van der Waals surface area contributed by atoms with Gasteiger partial charge in [0.1, 0.15) is 0 Å². The smallest absolute Gasteiger partial charge is 0.475 e. The number of morpholine rings is 1. The summed E-state index contributed by atoms with van der Waals surface area (Å²) in [5.74, 6) is -2.09. The minimum Gasteiger partial charge on any atom is -0.475 e. The van der Waals surface area contributed by atoms with E-state index in [-0.39, 0.29) is 24.0 Å². The van der Waals surface area contributed by atoms with Gasteiger partial charge in [0.05, 0.1) is 18.1 Å². The molecule has 2 N–H and O–H groups in total. The molecule has 0 aromatic heterocycles. The van der Waals surface area contributed by atoms with Gasteiger partial charge in [-0.15, -0.1) is 0 Å². The van der Waals surface area contributed by atoms with Crippen LogP contribution in [0.3, 0.4) is 0 Å². The largest absolute Gasteiger partial charge is 0.490 e. The van der Waals surface area contributed by atoms with Gasteiger partial charge in [-0.05, 0) is 24.8 Å². The molecule has 2 saturated heterocycles. The van der Waals surface area contributed by atoms with E-state index in [0.717, 1.165) is 32.6 Å². The number of nitrogens with one attached hydrogen (secondary N) is 1. The maximum atomic E-state index is 12.4. The van der Waals surface area contributed by atoms with Crippen molar-refractivity contribution in [3.05, 3.63) is 35.4 Å². The van der Waals surface area contributed by atoms with Crippen molar-refractivity contribution in [2.24, 2.45) is 11.8 Å². The maximum absolute atomic E-state index is 12.4. The van der Waals surface area contributed by atoms with Crippen LogP contribution in [0, 0.1) is 18.8 Å². The fourth-order valence-corrected chi connectivity index (χ4v) is 3.65. The van der Waals surface area contributed by atoms with E-state index >= 15 is 0 Å². The van der Waals surface area contributed by atoms with Crippen LogP contribution in [0.25, 0.3) is 0 Å². The first-order valence-electron chi connectivity index (χ1n) is 9.97. The van der Waals surface area contributed by atoms with Crippen molar-refractivity contribution < 1.29 is 32.6 Å². The molecule has 1 amide bonds. The van der Waals surface area contributed by atoms with Gasteiger partial charge < -0.3 is 15.2 Å². The van der Waals surface area contributed by atoms with Gasteiger partial charge in [-0.3, -0.25) is 9.69 Å². The molecular formula is C21H29F3N2O4. The fourth-order valence-electron chi connectivity index (χ4n) is 3.65. The number of fused-ring (bicyclic) bond motifs is 2. The van der Waals surface area contributed by atoms with Crippen LogP contribution in [0.2, 0.25) is 0 Å². The Kier molecular flexibility index (Phi) is 8.25. The molecule has 1 aromatic rings. The number of hydrogen-bond acceptors (Lipinski definition) is 4. The third kappa shape index (κ3) is 7.28. The third-order valence-electron chi connectivity index (χ3n) is 4.99. The first-order valence-corrected chi connectivity index (χ1v) is 9.97. The molecule has 2 aliphatic heterocycles. The molecular weight excluding hydrogens is 401 g/mol. The molecule has 30 heavy (non-hydrogen) atoms. The molecule has 6 nitrogen and oxygen atoms in total. The Balaban J connectivity index is 0.000000396. The van der Waals surface area contributed by atoms with Crippen molar-refractivity contribution in [2.45, 2.75) is 52.1 Å². The van der Waals surface area contributed by atoms with Gasteiger partial charge in [-0.1, -0.05) is 43.7 Å². The Bertz CT molecular complexity index is 739. The van der Waals surface area contributed by atoms with Crippen molar-refractivity contribution in [3.8, 4) is 0 Å². The van der Waals surface area contributed by atoms with Crippen LogP contribution >= 0.6 is 0 Å². The summed E-state index contributed by atoms with van der Waals surface area (Å²) in [5.41, 5.74) is 2.64. The molecule has 2 aliphatic rings. The first-order chi connectivity index (χ1) is 14.0. The molecule has 0 aliphatic carbocycles. The number of carboxylic acid groups (broad SMARTS) is 1. The highest BCUT2D eigenvalue weighted by Crippen LogP contribution is 2.32. The number of carbonyl (C=O) groups is 2. The molecule has 0 radical (unpaired) electrons. The molecule has 2 fully saturated rings. The van der Waals surface area contributed by atoms with Crippen molar-refractivity contribution in [1.82, 2.24) is 10.2 Å². The SMILES string of the molecule is Cc1cccc(CN2C[C@H]3C[C@H](C(=O)NCC(C)C)[C@@H](C2)O3)c1.O=C(O)C(F)(F)F. The number of halogens is 3. The number of hydrogen-bond donors (Lipinski definition) is 2. The summed E-state index contributed by atoms with van der Waals surface area (Å²) in [6.45, 7) is 9.84. The van der Waals surface area contributed by atoms with E-state index in [0.29, 0.717) is 5.92 Å². The fraction of sp³-hybridized carbons (Fsp3) is 0.619. The molecule has 9 heteroatoms. The Labute approximate surface area is 174 Å². The number of ether oxygens (including phenoxy) is 1. The number of nitrogens with zero attached hydrogens (tertiary/aromatic N) is 1. The molecule has 3 atom stereocenters. The highest BCUT2D eigenvalue weighted by molar-refractivity contribution is 5.79. The highest BCUT2D eigenvalue weighted by Gasteiger charge is 2.44. The number of amides is 1. The van der Waals surface area contributed by atoms with E-state index in [4.69, 9.17) is 14.6 Å². The number of rotatable bonds is 5. The van der Waals surface area contributed by atoms with Gasteiger partial charge in [0.25, 0.3) is 0 Å². The zero-order valence-electron chi connectivity index (χ0n) is 17.4. The quantitative estimate of drug-likeness (QED) is 0.751. The number of alkyl halides is 3. The summed E-state index contributed by atoms with van der Waals surface area (Å²) < 4.78 is 37.8. The predicted octanol–water partition coefficient (Wildman–Crippen LogP) is 2.99. The Morgan fingerprint density at radius 1 is 1.30 bits per heavy atom. The van der Waals surface area contributed by atoms with Gasteiger partial charge in [0.2, 0.25) is 5.91 Å². The zero-order valence-corrected chi connectivity index (χ0v) is 17.4. The summed E-state index contributed by atoms with van der Waals surface area (Å²) in [4.78, 5) is 23.7. The second kappa shape index (κ2) is 10.3. The van der Waals surface area contributed by atoms with Crippen LogP contribution < -0.4 is 5.32 Å². The lowest BCUT2D eigenvalue weighted by Crippen LogP contribution is -2.45. The molecule has 0 spiro atoms. The maximum Gasteiger partial charge on any atom is 0.490 e. The van der Waals surface area contributed by atoms with Gasteiger partial charge >= 0.3 is 12.1 Å². The van der Waals surface area contributed by atoms with Crippen molar-refractivity contribution in [1.29, 1.82) is 0 Å². The van der Waals surface area contributed by atoms with Gasteiger partial charge in [0.15, 0.2) is 0 Å². The summed E-state index contributed by atoms with van der Waals surface area (Å²) >= 11 is 0. The van der Waals surface area contributed by atoms with Crippen LogP contribution in [-0.2, 0) is 20.9 Å². The van der Waals surface area contributed by atoms with Crippen LogP contribution in [0.5, 0.6) is 0 Å². The normalized spacial score (nSPS) is 23.6. The minimum absolute atomic E-state index is 0.0151. The monoisotopic (exact) mass is 430 g/mol. The van der Waals surface area contributed by atoms with Crippen LogP contribution in [0.15, 0.2) is 24.3 Å². The highest BCUT2D eigenvalue weighted by atomic mass is 19.4. The molecule has 2 heterocycles. The minimum atomic E-state index is -5.08. The molecule has 0 unspecified atom stereocenters. The summed E-state index contributed by atoms with van der Waals surface area (Å²) in [6.07, 6.45) is -3.97. The second-order valence-electron chi connectivity index (χ2n) is 8.26. The molecule has 2 bridgehead atoms. The Morgan fingerprint density at radius 2 is 1.97 bits per heavy atom. The topological polar surface area (TPSA) is 78.9 Å². The zero-order chi connectivity index (χ0) is 22.5. The third-order valence-corrected chi connectivity index (χ3v) is 4.99. The molecule has 168 valence electrons. The van der Waals surface area contributed by atoms with Crippen LogP contribution in [0.4, 0.5) is 13.2 Å². The number of benzene rings is 1. The van der Waals surface area contributed by atoms with E-state index in [1.165, 1.54) is 11.1 Å². The number of aliphatic carboxylic acids is 1. The van der Waals surface area contributed by atoms with Crippen molar-refractivity contribution >= 4 is 11.9 Å². The van der Waals surface area contributed by atoms with Gasteiger partial charge in [-0.25, -0.2) is 4.79 Å². The lowest BCUT2D eigenvalue weighted by Gasteiger charge is -2.32. The summed E-state index contributed by atoms with van der Waals surface area (Å²) in [6, 6.07) is 8.66. The second-order valence-corrected chi connectivity index (χ2v) is 8.26. The molecule has 3 rings (SSSR count). The molecule has 0 saturated carbocycles. The van der Waals surface area contributed by atoms with E-state index in [9.17, 15) is 18.0 Å². The van der Waals surface area contributed by atoms with Crippen LogP contribution in [-0.4, -0.2) is 59.9 Å². The number of likely N-dealkylation sites (tertiary alicyclic amines) is 1. The van der Waals surface area contributed by atoms with Crippen LogP contribution in [0.1, 0.15) is 31.4 Å². The summed E-state index contributed by atoms with van der Waals surface area (Å²) in [5, 5.41) is 10.2. The first kappa shape index (κ1) is 24.1. The van der Waals surface area contributed by atoms with E-state index in [1.807, 2.05) is 0 Å². The molecule has 1 aromatic carbocycles. The standard InChI is InChI=1S/C19H28N2O2.C2HF3O2/c1-13(2)9-20-19(22)17-8-16-11-21(12-18(17)23-16)10-15-6-4-5-14(3)7-15;3-2(4,5)1(6)7/h4-7,13,16-18H,8-12H2,1-3H3,(H,20,22);(H,6,7)/t16-,17+,18-;/m1./s1. The van der Waals surface area contributed by atoms with E-state index in [1.54, 1.807) is 0 Å². The van der Waals surface area contributed by atoms with Gasteiger partial charge in [0, 0.05) is 26.2 Å². The summed E-state index contributed by atoms with van der Waals surface area (Å²) in [7, 11) is 0.